The van der Waals surface area contributed by atoms with Gasteiger partial charge in [-0.1, -0.05) is 0 Å². The van der Waals surface area contributed by atoms with E-state index in [1.54, 1.807) is 0 Å². The van der Waals surface area contributed by atoms with Crippen molar-refractivity contribution >= 4 is 18.3 Å². The van der Waals surface area contributed by atoms with Crippen molar-refractivity contribution in [2.24, 2.45) is 11.7 Å². The molecular weight excluding hydrogens is 256 g/mol. The Labute approximate surface area is 115 Å². The van der Waals surface area contributed by atoms with Crippen LogP contribution in [0.2, 0.25) is 0 Å². The fourth-order valence-corrected chi connectivity index (χ4v) is 2.17. The van der Waals surface area contributed by atoms with Crippen LogP contribution in [0.5, 0.6) is 0 Å². The molecule has 2 unspecified atom stereocenters. The minimum absolute atomic E-state index is 0. The standard InChI is InChI=1S/C12H24N2O3.ClH/c1-3-16-4-5-17-9-12(15)14-8-11(7-13)6-10(14)2;/h10-11H,3-9,13H2,1-2H3;1H. The molecular formula is C12H25ClN2O3. The lowest BCUT2D eigenvalue weighted by Gasteiger charge is -2.21. The predicted octanol–water partition coefficient (Wildman–Crippen LogP) is 0.657. The zero-order valence-corrected chi connectivity index (χ0v) is 12.1. The summed E-state index contributed by atoms with van der Waals surface area (Å²) in [6.07, 6.45) is 1.00. The third-order valence-electron chi connectivity index (χ3n) is 3.12. The molecule has 0 spiro atoms. The van der Waals surface area contributed by atoms with Crippen LogP contribution in [0.25, 0.3) is 0 Å². The lowest BCUT2D eigenvalue weighted by Crippen LogP contribution is -2.37. The first-order valence-electron chi connectivity index (χ1n) is 6.34. The lowest BCUT2D eigenvalue weighted by molar-refractivity contribution is -0.137. The molecule has 1 rings (SSSR count). The summed E-state index contributed by atoms with van der Waals surface area (Å²) in [7, 11) is 0. The monoisotopic (exact) mass is 280 g/mol. The quantitative estimate of drug-likeness (QED) is 0.696. The van der Waals surface area contributed by atoms with Crippen molar-refractivity contribution in [1.29, 1.82) is 0 Å². The van der Waals surface area contributed by atoms with Crippen molar-refractivity contribution in [2.75, 3.05) is 39.5 Å². The smallest absolute Gasteiger partial charge is 0.248 e. The van der Waals surface area contributed by atoms with Gasteiger partial charge < -0.3 is 20.1 Å². The summed E-state index contributed by atoms with van der Waals surface area (Å²) < 4.78 is 10.4. The molecule has 108 valence electrons. The van der Waals surface area contributed by atoms with Crippen LogP contribution in [0, 0.1) is 5.92 Å². The number of carbonyl (C=O) groups is 1. The van der Waals surface area contributed by atoms with Gasteiger partial charge in [0.15, 0.2) is 0 Å². The second-order valence-electron chi connectivity index (χ2n) is 4.48. The fraction of sp³-hybridized carbons (Fsp3) is 0.917. The normalized spacial score (nSPS) is 22.9. The van der Waals surface area contributed by atoms with E-state index in [9.17, 15) is 4.79 Å². The average molecular weight is 281 g/mol. The molecule has 1 saturated heterocycles. The molecule has 0 radical (unpaired) electrons. The molecule has 0 aromatic rings. The summed E-state index contributed by atoms with van der Waals surface area (Å²) in [6.45, 7) is 7.27. The zero-order valence-electron chi connectivity index (χ0n) is 11.3. The number of hydrogen-bond acceptors (Lipinski definition) is 4. The molecule has 5 nitrogen and oxygen atoms in total. The van der Waals surface area contributed by atoms with Gasteiger partial charge in [0.05, 0.1) is 13.2 Å². The van der Waals surface area contributed by atoms with Crippen LogP contribution in [0.15, 0.2) is 0 Å². The van der Waals surface area contributed by atoms with E-state index in [2.05, 4.69) is 6.92 Å². The van der Waals surface area contributed by atoms with Crippen molar-refractivity contribution in [3.8, 4) is 0 Å². The summed E-state index contributed by atoms with van der Waals surface area (Å²) in [6, 6.07) is 0.284. The summed E-state index contributed by atoms with van der Waals surface area (Å²) in [5.74, 6) is 0.502. The molecule has 1 fully saturated rings. The van der Waals surface area contributed by atoms with E-state index < -0.39 is 0 Å². The van der Waals surface area contributed by atoms with Crippen molar-refractivity contribution in [2.45, 2.75) is 26.3 Å². The van der Waals surface area contributed by atoms with Crippen LogP contribution in [-0.2, 0) is 14.3 Å². The molecule has 1 aliphatic rings. The van der Waals surface area contributed by atoms with Crippen molar-refractivity contribution in [1.82, 2.24) is 4.90 Å². The summed E-state index contributed by atoms with van der Waals surface area (Å²) in [4.78, 5) is 13.7. The third kappa shape index (κ3) is 5.52. The van der Waals surface area contributed by atoms with Crippen molar-refractivity contribution < 1.29 is 14.3 Å². The molecule has 18 heavy (non-hydrogen) atoms. The Morgan fingerprint density at radius 3 is 2.61 bits per heavy atom. The van der Waals surface area contributed by atoms with Crippen molar-refractivity contribution in [3.05, 3.63) is 0 Å². The van der Waals surface area contributed by atoms with Crippen LogP contribution < -0.4 is 5.73 Å². The number of amides is 1. The number of carbonyl (C=O) groups excluding carboxylic acids is 1. The van der Waals surface area contributed by atoms with Gasteiger partial charge in [0.2, 0.25) is 5.91 Å². The number of nitrogens with zero attached hydrogens (tertiary/aromatic N) is 1. The van der Waals surface area contributed by atoms with E-state index >= 15 is 0 Å². The highest BCUT2D eigenvalue weighted by Gasteiger charge is 2.31. The van der Waals surface area contributed by atoms with Gasteiger partial charge in [-0.15, -0.1) is 12.4 Å². The highest BCUT2D eigenvalue weighted by atomic mass is 35.5. The van der Waals surface area contributed by atoms with Crippen LogP contribution in [-0.4, -0.2) is 56.4 Å². The Hall–Kier alpha value is -0.360. The van der Waals surface area contributed by atoms with Crippen LogP contribution >= 0.6 is 12.4 Å². The number of rotatable bonds is 7. The van der Waals surface area contributed by atoms with Gasteiger partial charge in [-0.25, -0.2) is 0 Å². The molecule has 1 aliphatic heterocycles. The molecule has 0 saturated carbocycles. The lowest BCUT2D eigenvalue weighted by atomic mass is 10.1. The first kappa shape index (κ1) is 17.6. The molecule has 2 N–H and O–H groups in total. The van der Waals surface area contributed by atoms with Crippen molar-refractivity contribution in [3.63, 3.8) is 0 Å². The fourth-order valence-electron chi connectivity index (χ4n) is 2.17. The maximum absolute atomic E-state index is 11.9. The Kier molecular flexibility index (Phi) is 9.36. The second kappa shape index (κ2) is 9.55. The summed E-state index contributed by atoms with van der Waals surface area (Å²) in [5, 5.41) is 0. The molecule has 0 aromatic heterocycles. The topological polar surface area (TPSA) is 64.8 Å². The predicted molar refractivity (Wildman–Crippen MR) is 72.9 cm³/mol. The zero-order chi connectivity index (χ0) is 12.7. The highest BCUT2D eigenvalue weighted by molar-refractivity contribution is 5.85. The van der Waals surface area contributed by atoms with Gasteiger partial charge in [-0.05, 0) is 32.7 Å². The van der Waals surface area contributed by atoms with Crippen LogP contribution in [0.4, 0.5) is 0 Å². The largest absolute Gasteiger partial charge is 0.379 e. The Morgan fingerprint density at radius 1 is 1.39 bits per heavy atom. The van der Waals surface area contributed by atoms with Gasteiger partial charge in [-0.3, -0.25) is 4.79 Å². The van der Waals surface area contributed by atoms with Gasteiger partial charge in [-0.2, -0.15) is 0 Å². The number of ether oxygens (including phenoxy) is 2. The van der Waals surface area contributed by atoms with Gasteiger partial charge in [0.25, 0.3) is 0 Å². The van der Waals surface area contributed by atoms with E-state index in [0.717, 1.165) is 13.0 Å². The van der Waals surface area contributed by atoms with E-state index in [-0.39, 0.29) is 31.0 Å². The Bertz CT molecular complexity index is 241. The van der Waals surface area contributed by atoms with Gasteiger partial charge >= 0.3 is 0 Å². The number of likely N-dealkylation sites (tertiary alicyclic amines) is 1. The third-order valence-corrected chi connectivity index (χ3v) is 3.12. The second-order valence-corrected chi connectivity index (χ2v) is 4.48. The molecule has 1 amide bonds. The summed E-state index contributed by atoms with van der Waals surface area (Å²) in [5.41, 5.74) is 5.63. The first-order chi connectivity index (χ1) is 8.19. The van der Waals surface area contributed by atoms with E-state index in [1.807, 2.05) is 11.8 Å². The molecule has 6 heteroatoms. The van der Waals surface area contributed by atoms with Crippen LogP contribution in [0.1, 0.15) is 20.3 Å². The molecule has 0 bridgehead atoms. The van der Waals surface area contributed by atoms with Gasteiger partial charge in [0, 0.05) is 19.2 Å². The Balaban J connectivity index is 0.00000289. The minimum Gasteiger partial charge on any atom is -0.379 e. The number of nitrogens with two attached hydrogens (primary N) is 1. The summed E-state index contributed by atoms with van der Waals surface area (Å²) >= 11 is 0. The Morgan fingerprint density at radius 2 is 2.06 bits per heavy atom. The highest BCUT2D eigenvalue weighted by Crippen LogP contribution is 2.21. The first-order valence-corrected chi connectivity index (χ1v) is 6.34. The van der Waals surface area contributed by atoms with E-state index in [4.69, 9.17) is 15.2 Å². The van der Waals surface area contributed by atoms with E-state index in [0.29, 0.717) is 32.3 Å². The van der Waals surface area contributed by atoms with Gasteiger partial charge in [0.1, 0.15) is 6.61 Å². The number of hydrogen-bond donors (Lipinski definition) is 1. The maximum Gasteiger partial charge on any atom is 0.248 e. The molecule has 0 aliphatic carbocycles. The maximum atomic E-state index is 11.9. The molecule has 2 atom stereocenters. The van der Waals surface area contributed by atoms with Crippen LogP contribution in [0.3, 0.4) is 0 Å². The molecule has 0 aromatic carbocycles. The SMILES string of the molecule is CCOCCOCC(=O)N1CC(CN)CC1C.Cl. The minimum atomic E-state index is 0. The van der Waals surface area contributed by atoms with E-state index in [1.165, 1.54) is 0 Å². The molecule has 1 heterocycles. The average Bonchev–Trinajstić information content (AvgIpc) is 2.70. The number of halogens is 1.